The monoisotopic (exact) mass is 471 g/mol. The number of amides is 2. The minimum Gasteiger partial charge on any atom is -0.496 e. The van der Waals surface area contributed by atoms with Crippen molar-refractivity contribution in [1.29, 1.82) is 0 Å². The number of anilines is 1. The van der Waals surface area contributed by atoms with E-state index in [1.54, 1.807) is 24.1 Å². The van der Waals surface area contributed by atoms with Crippen molar-refractivity contribution in [2.24, 2.45) is 0 Å². The molecular formula is C19H20BrCl2N3O2. The highest BCUT2D eigenvalue weighted by atomic mass is 79.9. The minimum absolute atomic E-state index is 0.140. The number of carbonyl (C=O) groups is 1. The number of methoxy groups -OCH3 is 1. The summed E-state index contributed by atoms with van der Waals surface area (Å²) in [6.45, 7) is 3.57. The number of ether oxygens (including phenoxy) is 1. The molecule has 2 amide bonds. The lowest BCUT2D eigenvalue weighted by Crippen LogP contribution is -2.49. The van der Waals surface area contributed by atoms with Crippen LogP contribution in [0.3, 0.4) is 0 Å². The summed E-state index contributed by atoms with van der Waals surface area (Å²) in [5, 5.41) is 4.07. The van der Waals surface area contributed by atoms with Crippen molar-refractivity contribution in [2.75, 3.05) is 38.6 Å². The molecular weight excluding hydrogens is 453 g/mol. The Morgan fingerprint density at radius 1 is 1.15 bits per heavy atom. The van der Waals surface area contributed by atoms with Crippen LogP contribution < -0.4 is 10.1 Å². The van der Waals surface area contributed by atoms with Gasteiger partial charge in [-0.2, -0.15) is 0 Å². The fraction of sp³-hybridized carbons (Fsp3) is 0.316. The SMILES string of the molecule is COc1ccc(Cl)cc1CN1CCN(C(=O)Nc2ccc(Br)cc2Cl)CC1. The molecule has 27 heavy (non-hydrogen) atoms. The largest absolute Gasteiger partial charge is 0.496 e. The van der Waals surface area contributed by atoms with Crippen molar-refractivity contribution in [2.45, 2.75) is 6.54 Å². The van der Waals surface area contributed by atoms with Gasteiger partial charge in [0, 0.05) is 47.8 Å². The smallest absolute Gasteiger partial charge is 0.321 e. The van der Waals surface area contributed by atoms with Gasteiger partial charge < -0.3 is 15.0 Å². The van der Waals surface area contributed by atoms with Crippen LogP contribution in [-0.4, -0.2) is 49.1 Å². The van der Waals surface area contributed by atoms with E-state index in [0.29, 0.717) is 28.8 Å². The Balaban J connectivity index is 1.55. The fourth-order valence-corrected chi connectivity index (χ4v) is 3.92. The molecule has 0 aromatic heterocycles. The van der Waals surface area contributed by atoms with Crippen LogP contribution in [0.25, 0.3) is 0 Å². The third-order valence-electron chi connectivity index (χ3n) is 4.47. The average Bonchev–Trinajstić information content (AvgIpc) is 2.65. The van der Waals surface area contributed by atoms with Gasteiger partial charge in [-0.1, -0.05) is 39.1 Å². The summed E-state index contributed by atoms with van der Waals surface area (Å²) < 4.78 is 6.28. The molecule has 5 nitrogen and oxygen atoms in total. The molecule has 144 valence electrons. The van der Waals surface area contributed by atoms with Gasteiger partial charge in [0.1, 0.15) is 5.75 Å². The molecule has 1 N–H and O–H groups in total. The van der Waals surface area contributed by atoms with E-state index in [-0.39, 0.29) is 6.03 Å². The number of hydrogen-bond donors (Lipinski definition) is 1. The molecule has 8 heteroatoms. The number of carbonyl (C=O) groups excluding carboxylic acids is 1. The summed E-state index contributed by atoms with van der Waals surface area (Å²) >= 11 is 15.6. The second-order valence-electron chi connectivity index (χ2n) is 6.27. The predicted octanol–water partition coefficient (Wildman–Crippen LogP) is 5.11. The lowest BCUT2D eigenvalue weighted by molar-refractivity contribution is 0.142. The predicted molar refractivity (Wildman–Crippen MR) is 113 cm³/mol. The Bertz CT molecular complexity index is 827. The molecule has 2 aromatic carbocycles. The number of piperazine rings is 1. The standard InChI is InChI=1S/C19H20BrCl2N3O2/c1-27-18-5-3-15(21)10-13(18)12-24-6-8-25(9-7-24)19(26)23-17-4-2-14(20)11-16(17)22/h2-5,10-11H,6-9,12H2,1H3,(H,23,26). The van der Waals surface area contributed by atoms with Crippen molar-refractivity contribution in [3.63, 3.8) is 0 Å². The number of halogens is 3. The third-order valence-corrected chi connectivity index (χ3v) is 5.51. The number of benzene rings is 2. The van der Waals surface area contributed by atoms with Gasteiger partial charge >= 0.3 is 6.03 Å². The highest BCUT2D eigenvalue weighted by Crippen LogP contribution is 2.27. The van der Waals surface area contributed by atoms with Gasteiger partial charge in [0.05, 0.1) is 17.8 Å². The van der Waals surface area contributed by atoms with Crippen LogP contribution in [0.1, 0.15) is 5.56 Å². The molecule has 0 atom stereocenters. The van der Waals surface area contributed by atoms with Crippen LogP contribution in [0.2, 0.25) is 10.0 Å². The normalized spacial score (nSPS) is 14.9. The molecule has 3 rings (SSSR count). The maximum Gasteiger partial charge on any atom is 0.321 e. The zero-order valence-corrected chi connectivity index (χ0v) is 17.9. The van der Waals surface area contributed by atoms with Crippen LogP contribution in [-0.2, 0) is 6.54 Å². The molecule has 2 aromatic rings. The summed E-state index contributed by atoms with van der Waals surface area (Å²) in [4.78, 5) is 16.6. The van der Waals surface area contributed by atoms with Gasteiger partial charge in [-0.15, -0.1) is 0 Å². The van der Waals surface area contributed by atoms with Crippen molar-refractivity contribution in [1.82, 2.24) is 9.80 Å². The van der Waals surface area contributed by atoms with Crippen molar-refractivity contribution in [3.05, 3.63) is 56.5 Å². The van der Waals surface area contributed by atoms with Crippen LogP contribution in [0.15, 0.2) is 40.9 Å². The highest BCUT2D eigenvalue weighted by Gasteiger charge is 2.22. The van der Waals surface area contributed by atoms with E-state index in [4.69, 9.17) is 27.9 Å². The van der Waals surface area contributed by atoms with E-state index in [0.717, 1.165) is 35.4 Å². The van der Waals surface area contributed by atoms with Gasteiger partial charge in [0.2, 0.25) is 0 Å². The number of hydrogen-bond acceptors (Lipinski definition) is 3. The maximum absolute atomic E-state index is 12.5. The molecule has 0 aliphatic carbocycles. The average molecular weight is 473 g/mol. The number of nitrogens with zero attached hydrogens (tertiary/aromatic N) is 2. The quantitative estimate of drug-likeness (QED) is 0.672. The summed E-state index contributed by atoms with van der Waals surface area (Å²) in [6.07, 6.45) is 0. The molecule has 1 aliphatic rings. The lowest BCUT2D eigenvalue weighted by Gasteiger charge is -2.35. The van der Waals surface area contributed by atoms with Crippen molar-refractivity contribution < 1.29 is 9.53 Å². The van der Waals surface area contributed by atoms with E-state index >= 15 is 0 Å². The molecule has 0 unspecified atom stereocenters. The van der Waals surface area contributed by atoms with Crippen molar-refractivity contribution >= 4 is 50.9 Å². The first-order chi connectivity index (χ1) is 13.0. The molecule has 1 aliphatic heterocycles. The fourth-order valence-electron chi connectivity index (χ4n) is 3.01. The lowest BCUT2D eigenvalue weighted by atomic mass is 10.1. The molecule has 0 spiro atoms. The molecule has 0 bridgehead atoms. The topological polar surface area (TPSA) is 44.8 Å². The molecule has 1 fully saturated rings. The molecule has 1 saturated heterocycles. The number of rotatable bonds is 4. The van der Waals surface area contributed by atoms with E-state index in [9.17, 15) is 4.79 Å². The van der Waals surface area contributed by atoms with Gasteiger partial charge in [-0.25, -0.2) is 4.79 Å². The highest BCUT2D eigenvalue weighted by molar-refractivity contribution is 9.10. The van der Waals surface area contributed by atoms with Gasteiger partial charge in [-0.3, -0.25) is 4.90 Å². The summed E-state index contributed by atoms with van der Waals surface area (Å²) in [7, 11) is 1.66. The second-order valence-corrected chi connectivity index (χ2v) is 8.03. The number of urea groups is 1. The molecule has 0 saturated carbocycles. The van der Waals surface area contributed by atoms with Crippen LogP contribution in [0, 0.1) is 0 Å². The van der Waals surface area contributed by atoms with E-state index in [1.165, 1.54) is 0 Å². The summed E-state index contributed by atoms with van der Waals surface area (Å²) in [5.74, 6) is 0.824. The zero-order chi connectivity index (χ0) is 19.4. The van der Waals surface area contributed by atoms with Gasteiger partial charge in [-0.05, 0) is 36.4 Å². The molecule has 1 heterocycles. The minimum atomic E-state index is -0.140. The van der Waals surface area contributed by atoms with E-state index in [1.807, 2.05) is 24.3 Å². The Labute approximate surface area is 177 Å². The Kier molecular flexibility index (Phi) is 6.87. The van der Waals surface area contributed by atoms with Crippen LogP contribution in [0.5, 0.6) is 5.75 Å². The molecule has 0 radical (unpaired) electrons. The first-order valence-corrected chi connectivity index (χ1v) is 10.1. The first-order valence-electron chi connectivity index (χ1n) is 8.52. The summed E-state index contributed by atoms with van der Waals surface area (Å²) in [6, 6.07) is 10.9. The first kappa shape index (κ1) is 20.3. The Hall–Kier alpha value is -1.47. The van der Waals surface area contributed by atoms with Crippen molar-refractivity contribution in [3.8, 4) is 5.75 Å². The maximum atomic E-state index is 12.5. The van der Waals surface area contributed by atoms with Crippen LogP contribution in [0.4, 0.5) is 10.5 Å². The Morgan fingerprint density at radius 2 is 1.89 bits per heavy atom. The Morgan fingerprint density at radius 3 is 2.56 bits per heavy atom. The zero-order valence-electron chi connectivity index (χ0n) is 14.8. The second kappa shape index (κ2) is 9.15. The number of nitrogens with one attached hydrogen (secondary N) is 1. The van der Waals surface area contributed by atoms with Gasteiger partial charge in [0.15, 0.2) is 0 Å². The van der Waals surface area contributed by atoms with Crippen LogP contribution >= 0.6 is 39.1 Å². The summed E-state index contributed by atoms with van der Waals surface area (Å²) in [5.41, 5.74) is 1.65. The van der Waals surface area contributed by atoms with E-state index < -0.39 is 0 Å². The van der Waals surface area contributed by atoms with E-state index in [2.05, 4.69) is 26.1 Å². The van der Waals surface area contributed by atoms with Gasteiger partial charge in [0.25, 0.3) is 0 Å². The third kappa shape index (κ3) is 5.29.